The van der Waals surface area contributed by atoms with E-state index in [4.69, 9.17) is 0 Å². The highest BCUT2D eigenvalue weighted by Crippen LogP contribution is 2.32. The standard InChI is InChI=1S/C22H44N2/c1-17(2)21-11-8-10-15-24(20(21)5)16-13-18(3)22-12-7-9-14-23(6)19(22)4/h17-22H,7-16H2,1-6H3/t18-,19-,20+,21?,22-/m1/s1. The van der Waals surface area contributed by atoms with Crippen LogP contribution in [0.3, 0.4) is 0 Å². The summed E-state index contributed by atoms with van der Waals surface area (Å²) in [5, 5.41) is 0. The largest absolute Gasteiger partial charge is 0.303 e. The molecule has 0 amide bonds. The van der Waals surface area contributed by atoms with Crippen LogP contribution in [0, 0.1) is 23.7 Å². The summed E-state index contributed by atoms with van der Waals surface area (Å²) < 4.78 is 0. The van der Waals surface area contributed by atoms with Crippen molar-refractivity contribution in [3.8, 4) is 0 Å². The van der Waals surface area contributed by atoms with E-state index in [-0.39, 0.29) is 0 Å². The Balaban J connectivity index is 1.90. The fourth-order valence-electron chi connectivity index (χ4n) is 5.47. The normalized spacial score (nSPS) is 35.6. The van der Waals surface area contributed by atoms with Crippen molar-refractivity contribution in [2.24, 2.45) is 23.7 Å². The molecule has 2 aliphatic heterocycles. The summed E-state index contributed by atoms with van der Waals surface area (Å²) in [5.41, 5.74) is 0. The van der Waals surface area contributed by atoms with Gasteiger partial charge in [0.05, 0.1) is 0 Å². The lowest BCUT2D eigenvalue weighted by atomic mass is 9.82. The molecule has 2 fully saturated rings. The highest BCUT2D eigenvalue weighted by molar-refractivity contribution is 4.84. The highest BCUT2D eigenvalue weighted by atomic mass is 15.2. The number of hydrogen-bond donors (Lipinski definition) is 0. The quantitative estimate of drug-likeness (QED) is 0.674. The summed E-state index contributed by atoms with van der Waals surface area (Å²) >= 11 is 0. The molecular formula is C22H44N2. The summed E-state index contributed by atoms with van der Waals surface area (Å²) in [6.07, 6.45) is 9.93. The SMILES string of the molecule is CC(C)C1CCCCN(CC[C@@H](C)[C@H]2CCCCN(C)[C@@H]2C)[C@H]1C. The first-order valence-corrected chi connectivity index (χ1v) is 10.9. The predicted molar refractivity (Wildman–Crippen MR) is 106 cm³/mol. The zero-order chi connectivity index (χ0) is 17.7. The Kier molecular flexibility index (Phi) is 8.07. The van der Waals surface area contributed by atoms with Gasteiger partial charge in [0.25, 0.3) is 0 Å². The van der Waals surface area contributed by atoms with Gasteiger partial charge in [0.2, 0.25) is 0 Å². The molecule has 5 atom stereocenters. The molecule has 2 saturated heterocycles. The van der Waals surface area contributed by atoms with Gasteiger partial charge in [-0.2, -0.15) is 0 Å². The second kappa shape index (κ2) is 9.57. The van der Waals surface area contributed by atoms with Crippen molar-refractivity contribution >= 4 is 0 Å². The van der Waals surface area contributed by atoms with Gasteiger partial charge in [0.15, 0.2) is 0 Å². The van der Waals surface area contributed by atoms with Crippen LogP contribution in [-0.2, 0) is 0 Å². The molecule has 0 aromatic rings. The maximum absolute atomic E-state index is 2.83. The molecule has 0 aliphatic carbocycles. The molecule has 2 heteroatoms. The van der Waals surface area contributed by atoms with Crippen LogP contribution in [0.5, 0.6) is 0 Å². The van der Waals surface area contributed by atoms with Crippen LogP contribution in [0.25, 0.3) is 0 Å². The van der Waals surface area contributed by atoms with E-state index in [1.54, 1.807) is 0 Å². The number of likely N-dealkylation sites (tertiary alicyclic amines) is 2. The maximum atomic E-state index is 2.83. The molecule has 0 bridgehead atoms. The average Bonchev–Trinajstić information content (AvgIpc) is 2.82. The van der Waals surface area contributed by atoms with E-state index < -0.39 is 0 Å². The highest BCUT2D eigenvalue weighted by Gasteiger charge is 2.31. The van der Waals surface area contributed by atoms with E-state index in [1.807, 2.05) is 0 Å². The number of hydrogen-bond acceptors (Lipinski definition) is 2. The van der Waals surface area contributed by atoms with Gasteiger partial charge in [-0.15, -0.1) is 0 Å². The summed E-state index contributed by atoms with van der Waals surface area (Å²) in [6, 6.07) is 1.53. The minimum absolute atomic E-state index is 0.757. The lowest BCUT2D eigenvalue weighted by Crippen LogP contribution is -2.42. The van der Waals surface area contributed by atoms with Crippen molar-refractivity contribution in [1.82, 2.24) is 9.80 Å². The van der Waals surface area contributed by atoms with Crippen molar-refractivity contribution in [1.29, 1.82) is 0 Å². The van der Waals surface area contributed by atoms with Crippen LogP contribution in [0.4, 0.5) is 0 Å². The van der Waals surface area contributed by atoms with Crippen molar-refractivity contribution in [2.45, 2.75) is 91.6 Å². The fraction of sp³-hybridized carbons (Fsp3) is 1.00. The van der Waals surface area contributed by atoms with Crippen LogP contribution in [0.2, 0.25) is 0 Å². The minimum Gasteiger partial charge on any atom is -0.303 e. The third kappa shape index (κ3) is 5.21. The van der Waals surface area contributed by atoms with Crippen molar-refractivity contribution < 1.29 is 0 Å². The lowest BCUT2D eigenvalue weighted by molar-refractivity contribution is 0.114. The van der Waals surface area contributed by atoms with E-state index >= 15 is 0 Å². The summed E-state index contributed by atoms with van der Waals surface area (Å²) in [4.78, 5) is 5.44. The molecule has 0 N–H and O–H groups in total. The van der Waals surface area contributed by atoms with E-state index in [0.29, 0.717) is 0 Å². The molecule has 24 heavy (non-hydrogen) atoms. The molecule has 2 heterocycles. The molecule has 142 valence electrons. The molecule has 2 rings (SSSR count). The second-order valence-electron chi connectivity index (χ2n) is 9.33. The Morgan fingerprint density at radius 3 is 2.12 bits per heavy atom. The first-order chi connectivity index (χ1) is 11.4. The Hall–Kier alpha value is -0.0800. The van der Waals surface area contributed by atoms with E-state index in [0.717, 1.165) is 35.8 Å². The third-order valence-electron chi connectivity index (χ3n) is 7.50. The van der Waals surface area contributed by atoms with Gasteiger partial charge < -0.3 is 9.80 Å². The van der Waals surface area contributed by atoms with Gasteiger partial charge in [-0.3, -0.25) is 0 Å². The van der Waals surface area contributed by atoms with Gasteiger partial charge in [0, 0.05) is 12.1 Å². The topological polar surface area (TPSA) is 6.48 Å². The van der Waals surface area contributed by atoms with Crippen LogP contribution < -0.4 is 0 Å². The molecule has 2 nitrogen and oxygen atoms in total. The molecular weight excluding hydrogens is 292 g/mol. The summed E-state index contributed by atoms with van der Waals surface area (Å²) in [6.45, 7) is 16.3. The lowest BCUT2D eigenvalue weighted by Gasteiger charge is -2.37. The Morgan fingerprint density at radius 1 is 0.833 bits per heavy atom. The second-order valence-corrected chi connectivity index (χ2v) is 9.33. The van der Waals surface area contributed by atoms with Crippen LogP contribution in [0.1, 0.15) is 79.6 Å². The number of rotatable bonds is 5. The molecule has 0 aromatic carbocycles. The van der Waals surface area contributed by atoms with E-state index in [9.17, 15) is 0 Å². The van der Waals surface area contributed by atoms with Crippen LogP contribution >= 0.6 is 0 Å². The zero-order valence-electron chi connectivity index (χ0n) is 17.4. The summed E-state index contributed by atoms with van der Waals surface area (Å²) in [7, 11) is 2.33. The van der Waals surface area contributed by atoms with E-state index in [2.05, 4.69) is 51.5 Å². The molecule has 0 saturated carbocycles. The van der Waals surface area contributed by atoms with Gasteiger partial charge in [-0.25, -0.2) is 0 Å². The van der Waals surface area contributed by atoms with Crippen molar-refractivity contribution in [3.05, 3.63) is 0 Å². The Bertz CT molecular complexity index is 354. The molecule has 0 spiro atoms. The van der Waals surface area contributed by atoms with Crippen LogP contribution in [0.15, 0.2) is 0 Å². The fourth-order valence-corrected chi connectivity index (χ4v) is 5.47. The Labute approximate surface area is 152 Å². The predicted octanol–water partition coefficient (Wildman–Crippen LogP) is 5.28. The molecule has 0 radical (unpaired) electrons. The monoisotopic (exact) mass is 336 g/mol. The Morgan fingerprint density at radius 2 is 1.46 bits per heavy atom. The van der Waals surface area contributed by atoms with Gasteiger partial charge in [0.1, 0.15) is 0 Å². The smallest absolute Gasteiger partial charge is 0.00976 e. The van der Waals surface area contributed by atoms with Crippen LogP contribution in [-0.4, -0.2) is 48.6 Å². The maximum Gasteiger partial charge on any atom is 0.00976 e. The zero-order valence-corrected chi connectivity index (χ0v) is 17.4. The molecule has 2 aliphatic rings. The first-order valence-electron chi connectivity index (χ1n) is 10.9. The number of nitrogens with zero attached hydrogens (tertiary/aromatic N) is 2. The average molecular weight is 337 g/mol. The van der Waals surface area contributed by atoms with Gasteiger partial charge >= 0.3 is 0 Å². The minimum atomic E-state index is 0.757. The molecule has 0 aromatic heterocycles. The third-order valence-corrected chi connectivity index (χ3v) is 7.50. The van der Waals surface area contributed by atoms with Gasteiger partial charge in [-0.1, -0.05) is 33.6 Å². The first kappa shape index (κ1) is 20.2. The van der Waals surface area contributed by atoms with Crippen molar-refractivity contribution in [3.63, 3.8) is 0 Å². The van der Waals surface area contributed by atoms with E-state index in [1.165, 1.54) is 64.6 Å². The summed E-state index contributed by atoms with van der Waals surface area (Å²) in [5.74, 6) is 3.47. The van der Waals surface area contributed by atoms with Crippen molar-refractivity contribution in [2.75, 3.05) is 26.7 Å². The van der Waals surface area contributed by atoms with Gasteiger partial charge in [-0.05, 0) is 96.3 Å². The molecule has 1 unspecified atom stereocenters.